The van der Waals surface area contributed by atoms with E-state index < -0.39 is 0 Å². The average molecular weight is 576 g/mol. The largest absolute Gasteiger partial charge is 0.257 e. The van der Waals surface area contributed by atoms with Crippen molar-refractivity contribution < 1.29 is 20.1 Å². The fraction of sp³-hybridized carbons (Fsp3) is 0.0357. The van der Waals surface area contributed by atoms with Crippen LogP contribution < -0.4 is 0 Å². The maximum absolute atomic E-state index is 4.62. The Kier molecular flexibility index (Phi) is 4.94. The van der Waals surface area contributed by atoms with E-state index in [4.69, 9.17) is 0 Å². The first-order valence-corrected chi connectivity index (χ1v) is 10.2. The molecule has 2 aromatic heterocycles. The summed E-state index contributed by atoms with van der Waals surface area (Å²) in [6, 6.07) is 35.6. The van der Waals surface area contributed by atoms with Crippen molar-refractivity contribution in [2.75, 3.05) is 0 Å². The molecule has 0 unspecified atom stereocenters. The molecule has 31 heavy (non-hydrogen) atoms. The molecule has 1 radical (unpaired) electrons. The molecular formula is C28H19IrN2-. The van der Waals surface area contributed by atoms with E-state index in [1.54, 1.807) is 0 Å². The van der Waals surface area contributed by atoms with Crippen molar-refractivity contribution in [3.05, 3.63) is 109 Å². The zero-order chi connectivity index (χ0) is 20.1. The minimum atomic E-state index is 0. The zero-order valence-electron chi connectivity index (χ0n) is 17.0. The third-order valence-corrected chi connectivity index (χ3v) is 5.85. The number of benzene rings is 4. The second-order valence-corrected chi connectivity index (χ2v) is 7.70. The van der Waals surface area contributed by atoms with Gasteiger partial charge in [0.2, 0.25) is 0 Å². The Morgan fingerprint density at radius 1 is 0.742 bits per heavy atom. The van der Waals surface area contributed by atoms with Crippen molar-refractivity contribution in [2.24, 2.45) is 0 Å². The van der Waals surface area contributed by atoms with E-state index in [0.29, 0.717) is 0 Å². The molecule has 0 aliphatic carbocycles. The third kappa shape index (κ3) is 3.09. The fourth-order valence-corrected chi connectivity index (χ4v) is 4.51. The normalized spacial score (nSPS) is 11.1. The van der Waals surface area contributed by atoms with Crippen LogP contribution in [0.3, 0.4) is 0 Å². The number of aromatic nitrogens is 2. The van der Waals surface area contributed by atoms with Crippen molar-refractivity contribution in [2.45, 2.75) is 6.92 Å². The Morgan fingerprint density at radius 3 is 2.35 bits per heavy atom. The molecule has 0 aliphatic rings. The van der Waals surface area contributed by atoms with Gasteiger partial charge < -0.3 is 0 Å². The topological polar surface area (TPSA) is 17.3 Å². The molecule has 0 saturated heterocycles. The molecule has 3 heteroatoms. The van der Waals surface area contributed by atoms with Crippen LogP contribution in [0.4, 0.5) is 0 Å². The molecule has 0 saturated carbocycles. The summed E-state index contributed by atoms with van der Waals surface area (Å²) < 4.78 is 2.02. The summed E-state index contributed by atoms with van der Waals surface area (Å²) in [5, 5.41) is 8.27. The number of hydrogen-bond acceptors (Lipinski definition) is 1. The van der Waals surface area contributed by atoms with Crippen LogP contribution in [0.5, 0.6) is 0 Å². The van der Waals surface area contributed by atoms with Gasteiger partial charge in [-0.05, 0) is 40.6 Å². The molecule has 4 aromatic carbocycles. The number of rotatable bonds is 2. The van der Waals surface area contributed by atoms with Gasteiger partial charge in [0.05, 0.1) is 5.52 Å². The van der Waals surface area contributed by atoms with E-state index in [9.17, 15) is 0 Å². The smallest absolute Gasteiger partial charge is 0.0711 e. The van der Waals surface area contributed by atoms with Gasteiger partial charge in [-0.1, -0.05) is 89.1 Å². The summed E-state index contributed by atoms with van der Waals surface area (Å²) in [4.78, 5) is 0. The average Bonchev–Trinajstić information content (AvgIpc) is 3.30. The molecule has 0 amide bonds. The molecule has 0 fully saturated rings. The Labute approximate surface area is 194 Å². The molecule has 6 rings (SSSR count). The predicted octanol–water partition coefficient (Wildman–Crippen LogP) is 7.08. The molecule has 0 aliphatic heterocycles. The van der Waals surface area contributed by atoms with E-state index in [0.717, 1.165) is 11.0 Å². The van der Waals surface area contributed by atoms with Crippen LogP contribution in [0, 0.1) is 13.0 Å². The van der Waals surface area contributed by atoms with Gasteiger partial charge in [-0.2, -0.15) is 23.3 Å². The summed E-state index contributed by atoms with van der Waals surface area (Å²) in [5.41, 5.74) is 8.24. The third-order valence-electron chi connectivity index (χ3n) is 5.85. The molecule has 151 valence electrons. The Bertz CT molecular complexity index is 1550. The molecule has 2 heterocycles. The molecule has 6 aromatic rings. The number of pyridine rings is 1. The van der Waals surface area contributed by atoms with Crippen LogP contribution in [0.2, 0.25) is 0 Å². The summed E-state index contributed by atoms with van der Waals surface area (Å²) in [5.74, 6) is 0. The summed E-state index contributed by atoms with van der Waals surface area (Å²) >= 11 is 0. The van der Waals surface area contributed by atoms with Crippen molar-refractivity contribution in [1.29, 1.82) is 0 Å². The first kappa shape index (κ1) is 19.7. The van der Waals surface area contributed by atoms with Gasteiger partial charge in [0.25, 0.3) is 0 Å². The first-order chi connectivity index (χ1) is 14.8. The second-order valence-electron chi connectivity index (χ2n) is 7.70. The Morgan fingerprint density at radius 2 is 1.52 bits per heavy atom. The van der Waals surface area contributed by atoms with Gasteiger partial charge in [-0.15, -0.1) is 5.56 Å². The maximum atomic E-state index is 4.62. The second kappa shape index (κ2) is 7.77. The molecule has 0 atom stereocenters. The van der Waals surface area contributed by atoms with Crippen molar-refractivity contribution in [1.82, 2.24) is 9.61 Å². The van der Waals surface area contributed by atoms with Gasteiger partial charge in [-0.25, -0.2) is 0 Å². The van der Waals surface area contributed by atoms with Crippen LogP contribution >= 0.6 is 0 Å². The van der Waals surface area contributed by atoms with Gasteiger partial charge >= 0.3 is 0 Å². The minimum Gasteiger partial charge on any atom is -0.257 e. The van der Waals surface area contributed by atoms with E-state index in [1.807, 2.05) is 16.8 Å². The number of nitrogens with zero attached hydrogens (tertiary/aromatic N) is 2. The maximum Gasteiger partial charge on any atom is 0.0711 e. The quantitative estimate of drug-likeness (QED) is 0.159. The van der Waals surface area contributed by atoms with Crippen molar-refractivity contribution in [3.8, 4) is 22.3 Å². The van der Waals surface area contributed by atoms with Crippen LogP contribution in [-0.2, 0) is 20.1 Å². The standard InChI is InChI=1S/C28H19N2.Ir/c1-19-14-15-23-25(18-19)28-24(12-7-13-27(28)30-26(23)16-17-29-30)22-11-6-5-10-21(22)20-8-3-2-4-9-20;/h2-12,14-18H,1H3;/q-1;. The van der Waals surface area contributed by atoms with E-state index >= 15 is 0 Å². The van der Waals surface area contributed by atoms with Crippen LogP contribution in [0.25, 0.3) is 49.4 Å². The first-order valence-electron chi connectivity index (χ1n) is 10.2. The fourth-order valence-electron chi connectivity index (χ4n) is 4.51. The summed E-state index contributed by atoms with van der Waals surface area (Å²) in [6.07, 6.45) is 1.87. The molecule has 2 nitrogen and oxygen atoms in total. The number of aryl methyl sites for hydroxylation is 1. The van der Waals surface area contributed by atoms with Crippen molar-refractivity contribution >= 4 is 27.2 Å². The molecular weight excluding hydrogens is 557 g/mol. The van der Waals surface area contributed by atoms with E-state index in [1.165, 1.54) is 44.0 Å². The SMILES string of the molecule is Cc1ccc2c(c1)c1c(-c3ccccc3-c3ccccc3)cc[c-]c1n1nccc21.[Ir]. The van der Waals surface area contributed by atoms with Gasteiger partial charge in [0.15, 0.2) is 0 Å². The van der Waals surface area contributed by atoms with Gasteiger partial charge in [-0.3, -0.25) is 4.52 Å². The monoisotopic (exact) mass is 576 g/mol. The van der Waals surface area contributed by atoms with Crippen molar-refractivity contribution in [3.63, 3.8) is 0 Å². The van der Waals surface area contributed by atoms with Gasteiger partial charge in [0, 0.05) is 26.3 Å². The minimum absolute atomic E-state index is 0. The Balaban J connectivity index is 0.00000204. The van der Waals surface area contributed by atoms with Crippen LogP contribution in [0.15, 0.2) is 97.2 Å². The number of fused-ring (bicyclic) bond motifs is 6. The summed E-state index contributed by atoms with van der Waals surface area (Å²) in [7, 11) is 0. The molecule has 0 spiro atoms. The van der Waals surface area contributed by atoms with Crippen LogP contribution in [0.1, 0.15) is 5.56 Å². The van der Waals surface area contributed by atoms with Crippen LogP contribution in [-0.4, -0.2) is 9.61 Å². The molecule has 0 bridgehead atoms. The molecule has 0 N–H and O–H groups in total. The van der Waals surface area contributed by atoms with E-state index in [2.05, 4.69) is 103 Å². The predicted molar refractivity (Wildman–Crippen MR) is 125 cm³/mol. The number of hydrogen-bond donors (Lipinski definition) is 0. The summed E-state index contributed by atoms with van der Waals surface area (Å²) in [6.45, 7) is 2.15. The van der Waals surface area contributed by atoms with Gasteiger partial charge in [0.1, 0.15) is 0 Å². The van der Waals surface area contributed by atoms with E-state index in [-0.39, 0.29) is 20.1 Å². The zero-order valence-corrected chi connectivity index (χ0v) is 19.4. The Hall–Kier alpha value is -3.26.